The van der Waals surface area contributed by atoms with Crippen molar-refractivity contribution in [1.29, 1.82) is 0 Å². The molecule has 1 fully saturated rings. The molecule has 0 radical (unpaired) electrons. The largest absolute Gasteiger partial charge is 0.443 e. The van der Waals surface area contributed by atoms with Gasteiger partial charge in [0, 0.05) is 24.7 Å². The Morgan fingerprint density at radius 3 is 2.55 bits per heavy atom. The first-order chi connectivity index (χ1) is 15.1. The molecule has 2 heterocycles. The number of carbonyl (C=O) groups is 2. The van der Waals surface area contributed by atoms with Crippen LogP contribution in [-0.2, 0) is 6.42 Å². The van der Waals surface area contributed by atoms with Crippen LogP contribution in [0.5, 0.6) is 0 Å². The number of aromatic nitrogens is 1. The minimum Gasteiger partial charge on any atom is -0.443 e. The third-order valence-electron chi connectivity index (χ3n) is 5.66. The van der Waals surface area contributed by atoms with Crippen molar-refractivity contribution >= 4 is 11.8 Å². The highest BCUT2D eigenvalue weighted by Gasteiger charge is 2.26. The topological polar surface area (TPSA) is 75.4 Å². The van der Waals surface area contributed by atoms with E-state index in [9.17, 15) is 9.59 Å². The van der Waals surface area contributed by atoms with Gasteiger partial charge in [0.05, 0.1) is 5.56 Å². The summed E-state index contributed by atoms with van der Waals surface area (Å²) in [5, 5.41) is 3.01. The van der Waals surface area contributed by atoms with Crippen molar-refractivity contribution in [1.82, 2.24) is 15.2 Å². The van der Waals surface area contributed by atoms with Crippen LogP contribution in [0.1, 0.15) is 52.6 Å². The first-order valence-corrected chi connectivity index (χ1v) is 10.8. The second kappa shape index (κ2) is 9.60. The molecule has 1 aromatic heterocycles. The van der Waals surface area contributed by atoms with E-state index in [1.807, 2.05) is 42.2 Å². The molecule has 1 saturated heterocycles. The van der Waals surface area contributed by atoms with Crippen molar-refractivity contribution < 1.29 is 14.0 Å². The van der Waals surface area contributed by atoms with E-state index < -0.39 is 0 Å². The first kappa shape index (κ1) is 20.8. The Morgan fingerprint density at radius 1 is 1.06 bits per heavy atom. The van der Waals surface area contributed by atoms with Crippen molar-refractivity contribution in [3.05, 3.63) is 77.8 Å². The average Bonchev–Trinajstić information content (AvgIpc) is 3.50. The first-order valence-electron chi connectivity index (χ1n) is 10.8. The fourth-order valence-electron chi connectivity index (χ4n) is 3.95. The highest BCUT2D eigenvalue weighted by molar-refractivity contribution is 6.04. The van der Waals surface area contributed by atoms with E-state index in [2.05, 4.69) is 22.4 Å². The second-order valence-electron chi connectivity index (χ2n) is 7.97. The number of carbonyl (C=O) groups excluding carboxylic acids is 2. The maximum atomic E-state index is 13.0. The number of hydrogen-bond acceptors (Lipinski definition) is 4. The van der Waals surface area contributed by atoms with E-state index in [0.717, 1.165) is 38.8 Å². The van der Waals surface area contributed by atoms with E-state index in [1.54, 1.807) is 12.1 Å². The summed E-state index contributed by atoms with van der Waals surface area (Å²) in [4.78, 5) is 31.9. The maximum absolute atomic E-state index is 13.0. The Labute approximate surface area is 182 Å². The maximum Gasteiger partial charge on any atom is 0.274 e. The lowest BCUT2D eigenvalue weighted by Crippen LogP contribution is -2.33. The molecule has 3 aromatic rings. The lowest BCUT2D eigenvalue weighted by atomic mass is 10.0. The van der Waals surface area contributed by atoms with Crippen LogP contribution in [0.4, 0.5) is 0 Å². The minimum absolute atomic E-state index is 0.0290. The van der Waals surface area contributed by atoms with Gasteiger partial charge in [0.25, 0.3) is 11.8 Å². The molecule has 0 saturated carbocycles. The fourth-order valence-corrected chi connectivity index (χ4v) is 3.95. The zero-order chi connectivity index (χ0) is 21.6. The van der Waals surface area contributed by atoms with Gasteiger partial charge in [-0.2, -0.15) is 0 Å². The van der Waals surface area contributed by atoms with Gasteiger partial charge < -0.3 is 14.6 Å². The molecule has 1 N–H and O–H groups in total. The number of oxazole rings is 1. The second-order valence-corrected chi connectivity index (χ2v) is 7.97. The van der Waals surface area contributed by atoms with Gasteiger partial charge in [-0.05, 0) is 44.2 Å². The summed E-state index contributed by atoms with van der Waals surface area (Å²) in [6.45, 7) is 3.50. The van der Waals surface area contributed by atoms with E-state index >= 15 is 0 Å². The van der Waals surface area contributed by atoms with Crippen molar-refractivity contribution in [3.8, 4) is 11.3 Å². The van der Waals surface area contributed by atoms with Crippen LogP contribution in [0.15, 0.2) is 65.4 Å². The Balaban J connectivity index is 1.49. The average molecular weight is 418 g/mol. The number of rotatable bonds is 7. The van der Waals surface area contributed by atoms with Crippen molar-refractivity contribution in [2.45, 2.75) is 38.6 Å². The van der Waals surface area contributed by atoms with Crippen LogP contribution >= 0.6 is 0 Å². The molecule has 4 rings (SSSR count). The fraction of sp³-hybridized carbons (Fsp3) is 0.320. The summed E-state index contributed by atoms with van der Waals surface area (Å²) >= 11 is 0. The quantitative estimate of drug-likeness (QED) is 0.621. The number of aryl methyl sites for hydroxylation is 1. The molecule has 0 bridgehead atoms. The normalized spacial score (nSPS) is 14.4. The SMILES string of the molecule is C[C@H](CCc1ccccc1)NC(=O)c1ncoc1-c1ccccc1C(=O)N1CCCC1. The predicted molar refractivity (Wildman–Crippen MR) is 119 cm³/mol. The molecule has 2 amide bonds. The zero-order valence-corrected chi connectivity index (χ0v) is 17.7. The molecule has 0 spiro atoms. The lowest BCUT2D eigenvalue weighted by Gasteiger charge is -2.17. The minimum atomic E-state index is -0.298. The standard InChI is InChI=1S/C25H27N3O3/c1-18(13-14-19-9-3-2-4-10-19)27-24(29)22-23(31-17-26-22)20-11-5-6-12-21(20)25(30)28-15-7-8-16-28/h2-6,9-12,17-18H,7-8,13-16H2,1H3,(H,27,29)/t18-/m1/s1. The number of likely N-dealkylation sites (tertiary alicyclic amines) is 1. The number of hydrogen-bond donors (Lipinski definition) is 1. The molecule has 0 aliphatic carbocycles. The zero-order valence-electron chi connectivity index (χ0n) is 17.7. The van der Waals surface area contributed by atoms with Gasteiger partial charge in [0.1, 0.15) is 0 Å². The van der Waals surface area contributed by atoms with Gasteiger partial charge in [-0.1, -0.05) is 48.5 Å². The third-order valence-corrected chi connectivity index (χ3v) is 5.66. The van der Waals surface area contributed by atoms with E-state index in [-0.39, 0.29) is 23.6 Å². The summed E-state index contributed by atoms with van der Waals surface area (Å²) in [6, 6.07) is 17.4. The van der Waals surface area contributed by atoms with Crippen molar-refractivity contribution in [2.24, 2.45) is 0 Å². The number of nitrogens with zero attached hydrogens (tertiary/aromatic N) is 2. The van der Waals surface area contributed by atoms with Gasteiger partial charge in [0.15, 0.2) is 17.8 Å². The van der Waals surface area contributed by atoms with Crippen LogP contribution in [0.2, 0.25) is 0 Å². The molecule has 6 nitrogen and oxygen atoms in total. The Kier molecular flexibility index (Phi) is 6.46. The van der Waals surface area contributed by atoms with Crippen LogP contribution in [0, 0.1) is 0 Å². The summed E-state index contributed by atoms with van der Waals surface area (Å²) < 4.78 is 5.59. The summed E-state index contributed by atoms with van der Waals surface area (Å²) in [5.41, 5.74) is 2.57. The van der Waals surface area contributed by atoms with Crippen LogP contribution < -0.4 is 5.32 Å². The van der Waals surface area contributed by atoms with Gasteiger partial charge in [-0.3, -0.25) is 9.59 Å². The van der Waals surface area contributed by atoms with E-state index in [0.29, 0.717) is 16.9 Å². The Hall–Kier alpha value is -3.41. The van der Waals surface area contributed by atoms with E-state index in [4.69, 9.17) is 4.42 Å². The summed E-state index contributed by atoms with van der Waals surface area (Å²) in [6.07, 6.45) is 4.99. The highest BCUT2D eigenvalue weighted by Crippen LogP contribution is 2.28. The Morgan fingerprint density at radius 2 is 1.77 bits per heavy atom. The monoisotopic (exact) mass is 417 g/mol. The van der Waals surface area contributed by atoms with Gasteiger partial charge in [-0.15, -0.1) is 0 Å². The molecule has 31 heavy (non-hydrogen) atoms. The molecule has 160 valence electrons. The molecule has 1 atom stereocenters. The molecule has 1 aliphatic rings. The molecular weight excluding hydrogens is 390 g/mol. The molecular formula is C25H27N3O3. The third kappa shape index (κ3) is 4.85. The lowest BCUT2D eigenvalue weighted by molar-refractivity contribution is 0.0792. The summed E-state index contributed by atoms with van der Waals surface area (Å²) in [7, 11) is 0. The van der Waals surface area contributed by atoms with Crippen molar-refractivity contribution in [3.63, 3.8) is 0 Å². The number of amides is 2. The summed E-state index contributed by atoms with van der Waals surface area (Å²) in [5.74, 6) is -0.00395. The predicted octanol–water partition coefficient (Wildman–Crippen LogP) is 4.33. The van der Waals surface area contributed by atoms with Crippen LogP contribution in [0.25, 0.3) is 11.3 Å². The van der Waals surface area contributed by atoms with Gasteiger partial charge in [0.2, 0.25) is 0 Å². The van der Waals surface area contributed by atoms with Gasteiger partial charge >= 0.3 is 0 Å². The molecule has 1 aliphatic heterocycles. The van der Waals surface area contributed by atoms with Crippen molar-refractivity contribution in [2.75, 3.05) is 13.1 Å². The highest BCUT2D eigenvalue weighted by atomic mass is 16.3. The van der Waals surface area contributed by atoms with Gasteiger partial charge in [-0.25, -0.2) is 4.98 Å². The van der Waals surface area contributed by atoms with Crippen LogP contribution in [0.3, 0.4) is 0 Å². The molecule has 6 heteroatoms. The smallest absolute Gasteiger partial charge is 0.274 e. The van der Waals surface area contributed by atoms with Crippen LogP contribution in [-0.4, -0.2) is 40.8 Å². The molecule has 0 unspecified atom stereocenters. The number of benzene rings is 2. The Bertz CT molecular complexity index is 1040. The van der Waals surface area contributed by atoms with E-state index in [1.165, 1.54) is 12.0 Å². The number of nitrogens with one attached hydrogen (secondary N) is 1. The molecule has 2 aromatic carbocycles.